The van der Waals surface area contributed by atoms with Crippen LogP contribution in [0.5, 0.6) is 0 Å². The summed E-state index contributed by atoms with van der Waals surface area (Å²) in [5, 5.41) is 0. The van der Waals surface area contributed by atoms with Crippen LogP contribution in [0.25, 0.3) is 0 Å². The number of ether oxygens (including phenoxy) is 1. The van der Waals surface area contributed by atoms with Crippen molar-refractivity contribution in [2.24, 2.45) is 11.7 Å². The molecule has 0 saturated carbocycles. The molecule has 0 aromatic heterocycles. The average Bonchev–Trinajstić information content (AvgIpc) is 2.76. The highest BCUT2D eigenvalue weighted by molar-refractivity contribution is 4.84. The molecule has 2 rings (SSSR count). The van der Waals surface area contributed by atoms with Gasteiger partial charge in [0.1, 0.15) is 0 Å². The quantitative estimate of drug-likeness (QED) is 0.692. The molecule has 0 spiro atoms. The van der Waals surface area contributed by atoms with Crippen molar-refractivity contribution >= 4 is 0 Å². The molecule has 2 saturated heterocycles. The van der Waals surface area contributed by atoms with E-state index < -0.39 is 0 Å². The predicted molar refractivity (Wildman–Crippen MR) is 52.6 cm³/mol. The second-order valence-electron chi connectivity index (χ2n) is 4.17. The van der Waals surface area contributed by atoms with Crippen molar-refractivity contribution in [2.45, 2.75) is 25.3 Å². The Labute approximate surface area is 80.2 Å². The maximum atomic E-state index is 5.84. The van der Waals surface area contributed by atoms with Crippen LogP contribution in [0.3, 0.4) is 0 Å². The Morgan fingerprint density at radius 1 is 1.38 bits per heavy atom. The fourth-order valence-electron chi connectivity index (χ4n) is 2.57. The summed E-state index contributed by atoms with van der Waals surface area (Å²) in [6, 6.07) is 0.588. The normalized spacial score (nSPS) is 32.5. The van der Waals surface area contributed by atoms with E-state index in [0.29, 0.717) is 12.0 Å². The van der Waals surface area contributed by atoms with Gasteiger partial charge in [0.2, 0.25) is 0 Å². The summed E-state index contributed by atoms with van der Waals surface area (Å²) in [4.78, 5) is 2.55. The zero-order valence-corrected chi connectivity index (χ0v) is 8.24. The standard InChI is InChI=1S/C10H20N2O/c11-7-10(9-3-6-13-8-9)12-4-1-2-5-12/h9-10H,1-8,11H2/t9-,10+/m0/s1. The number of nitrogens with two attached hydrogens (primary N) is 1. The van der Waals surface area contributed by atoms with Crippen LogP contribution < -0.4 is 5.73 Å². The Kier molecular flexibility index (Phi) is 3.19. The van der Waals surface area contributed by atoms with Gasteiger partial charge in [0.25, 0.3) is 0 Å². The molecule has 2 aliphatic heterocycles. The van der Waals surface area contributed by atoms with Crippen molar-refractivity contribution in [1.82, 2.24) is 4.90 Å². The Morgan fingerprint density at radius 2 is 2.15 bits per heavy atom. The summed E-state index contributed by atoms with van der Waals surface area (Å²) in [6.07, 6.45) is 3.91. The highest BCUT2D eigenvalue weighted by Gasteiger charge is 2.30. The minimum absolute atomic E-state index is 0.588. The van der Waals surface area contributed by atoms with Crippen molar-refractivity contribution in [3.05, 3.63) is 0 Å². The first-order valence-corrected chi connectivity index (χ1v) is 5.43. The molecule has 3 heteroatoms. The smallest absolute Gasteiger partial charge is 0.0510 e. The molecule has 2 N–H and O–H groups in total. The van der Waals surface area contributed by atoms with Gasteiger partial charge in [-0.3, -0.25) is 4.90 Å². The lowest BCUT2D eigenvalue weighted by atomic mass is 9.98. The molecule has 2 aliphatic rings. The molecular formula is C10H20N2O. The predicted octanol–water partition coefficient (Wildman–Crippen LogP) is 0.446. The van der Waals surface area contributed by atoms with Crippen molar-refractivity contribution in [3.8, 4) is 0 Å². The first-order chi connectivity index (χ1) is 6.42. The zero-order chi connectivity index (χ0) is 9.10. The Balaban J connectivity index is 1.90. The van der Waals surface area contributed by atoms with Crippen molar-refractivity contribution in [3.63, 3.8) is 0 Å². The molecule has 0 unspecified atom stereocenters. The molecule has 0 aromatic carbocycles. The molecule has 13 heavy (non-hydrogen) atoms. The summed E-state index contributed by atoms with van der Waals surface area (Å²) in [7, 11) is 0. The van der Waals surface area contributed by atoms with Gasteiger partial charge in [-0.15, -0.1) is 0 Å². The van der Waals surface area contributed by atoms with E-state index in [9.17, 15) is 0 Å². The second-order valence-corrected chi connectivity index (χ2v) is 4.17. The average molecular weight is 184 g/mol. The van der Waals surface area contributed by atoms with Gasteiger partial charge in [-0.2, -0.15) is 0 Å². The first kappa shape index (κ1) is 9.44. The van der Waals surface area contributed by atoms with E-state index >= 15 is 0 Å². The molecule has 0 aliphatic carbocycles. The van der Waals surface area contributed by atoms with Crippen LogP contribution in [0.2, 0.25) is 0 Å². The molecule has 3 nitrogen and oxygen atoms in total. The molecule has 0 radical (unpaired) electrons. The maximum absolute atomic E-state index is 5.84. The Bertz CT molecular complexity index is 135. The van der Waals surface area contributed by atoms with Crippen LogP contribution in [0.1, 0.15) is 19.3 Å². The third-order valence-corrected chi connectivity index (χ3v) is 3.36. The van der Waals surface area contributed by atoms with Crippen molar-refractivity contribution in [1.29, 1.82) is 0 Å². The Hall–Kier alpha value is -0.120. The van der Waals surface area contributed by atoms with E-state index in [4.69, 9.17) is 10.5 Å². The molecule has 2 heterocycles. The van der Waals surface area contributed by atoms with E-state index in [-0.39, 0.29) is 0 Å². The highest BCUT2D eigenvalue weighted by atomic mass is 16.5. The van der Waals surface area contributed by atoms with E-state index in [0.717, 1.165) is 19.8 Å². The van der Waals surface area contributed by atoms with E-state index in [1.54, 1.807) is 0 Å². The van der Waals surface area contributed by atoms with Crippen LogP contribution in [-0.2, 0) is 4.74 Å². The monoisotopic (exact) mass is 184 g/mol. The molecule has 0 amide bonds. The van der Waals surface area contributed by atoms with Gasteiger partial charge in [0.15, 0.2) is 0 Å². The third-order valence-electron chi connectivity index (χ3n) is 3.36. The van der Waals surface area contributed by atoms with Gasteiger partial charge in [0, 0.05) is 25.1 Å². The maximum Gasteiger partial charge on any atom is 0.0510 e. The summed E-state index contributed by atoms with van der Waals surface area (Å²) >= 11 is 0. The molecule has 76 valence electrons. The second kappa shape index (κ2) is 4.40. The number of rotatable bonds is 3. The van der Waals surface area contributed by atoms with Crippen LogP contribution in [-0.4, -0.2) is 43.8 Å². The van der Waals surface area contributed by atoms with Gasteiger partial charge < -0.3 is 10.5 Å². The summed E-state index contributed by atoms with van der Waals surface area (Å²) in [6.45, 7) is 5.16. The van der Waals surface area contributed by atoms with Gasteiger partial charge >= 0.3 is 0 Å². The molecule has 2 fully saturated rings. The van der Waals surface area contributed by atoms with Crippen LogP contribution in [0.15, 0.2) is 0 Å². The van der Waals surface area contributed by atoms with Crippen LogP contribution >= 0.6 is 0 Å². The van der Waals surface area contributed by atoms with Gasteiger partial charge in [-0.1, -0.05) is 0 Å². The molecular weight excluding hydrogens is 164 g/mol. The van der Waals surface area contributed by atoms with E-state index in [1.165, 1.54) is 32.4 Å². The van der Waals surface area contributed by atoms with Gasteiger partial charge in [-0.05, 0) is 32.4 Å². The molecule has 0 bridgehead atoms. The lowest BCUT2D eigenvalue weighted by Gasteiger charge is -2.30. The van der Waals surface area contributed by atoms with Gasteiger partial charge in [0.05, 0.1) is 6.61 Å². The SMILES string of the molecule is NC[C@H]([C@H]1CCOC1)N1CCCC1. The minimum Gasteiger partial charge on any atom is -0.381 e. The number of hydrogen-bond donors (Lipinski definition) is 1. The minimum atomic E-state index is 0.588. The fraction of sp³-hybridized carbons (Fsp3) is 1.00. The summed E-state index contributed by atoms with van der Waals surface area (Å²) in [5.41, 5.74) is 5.84. The number of nitrogens with zero attached hydrogens (tertiary/aromatic N) is 1. The largest absolute Gasteiger partial charge is 0.381 e. The summed E-state index contributed by atoms with van der Waals surface area (Å²) in [5.74, 6) is 0.697. The first-order valence-electron chi connectivity index (χ1n) is 5.43. The van der Waals surface area contributed by atoms with Crippen molar-refractivity contribution < 1.29 is 4.74 Å². The zero-order valence-electron chi connectivity index (χ0n) is 8.24. The molecule has 0 aromatic rings. The van der Waals surface area contributed by atoms with Crippen LogP contribution in [0, 0.1) is 5.92 Å². The highest BCUT2D eigenvalue weighted by Crippen LogP contribution is 2.23. The Morgan fingerprint density at radius 3 is 2.69 bits per heavy atom. The summed E-state index contributed by atoms with van der Waals surface area (Å²) < 4.78 is 5.42. The molecule has 2 atom stereocenters. The third kappa shape index (κ3) is 2.03. The fourth-order valence-corrected chi connectivity index (χ4v) is 2.57. The topological polar surface area (TPSA) is 38.5 Å². The number of likely N-dealkylation sites (tertiary alicyclic amines) is 1. The van der Waals surface area contributed by atoms with Gasteiger partial charge in [-0.25, -0.2) is 0 Å². The number of hydrogen-bond acceptors (Lipinski definition) is 3. The van der Waals surface area contributed by atoms with Crippen molar-refractivity contribution in [2.75, 3.05) is 32.8 Å². The lowest BCUT2D eigenvalue weighted by molar-refractivity contribution is 0.140. The van der Waals surface area contributed by atoms with E-state index in [2.05, 4.69) is 4.90 Å². The lowest BCUT2D eigenvalue weighted by Crippen LogP contribution is -2.44. The van der Waals surface area contributed by atoms with E-state index in [1.807, 2.05) is 0 Å². The van der Waals surface area contributed by atoms with Crippen LogP contribution in [0.4, 0.5) is 0 Å².